The predicted octanol–water partition coefficient (Wildman–Crippen LogP) is 5.45. The molecule has 138 valence electrons. The van der Waals surface area contributed by atoms with E-state index in [9.17, 15) is 5.11 Å². The minimum absolute atomic E-state index is 0.130. The van der Waals surface area contributed by atoms with Crippen molar-refractivity contribution in [1.29, 1.82) is 0 Å². The standard InChI is InChI=1S/C23H18ClN3O/c24-18-11-12-22(28)19(13-18)21-14-20(17-9-5-2-6-10-17)26-23(27-21)25-15-16-7-3-1-4-8-16/h1-13,15,20,28H,14H2/b25-15-. The van der Waals surface area contributed by atoms with Gasteiger partial charge in [0.05, 0.1) is 11.8 Å². The summed E-state index contributed by atoms with van der Waals surface area (Å²) in [6, 6.07) is 24.6. The number of benzene rings is 3. The Morgan fingerprint density at radius 1 is 0.964 bits per heavy atom. The predicted molar refractivity (Wildman–Crippen MR) is 115 cm³/mol. The Balaban J connectivity index is 1.74. The molecule has 28 heavy (non-hydrogen) atoms. The third-order valence-corrected chi connectivity index (χ3v) is 4.71. The van der Waals surface area contributed by atoms with Crippen LogP contribution in [0.4, 0.5) is 0 Å². The number of phenols is 1. The van der Waals surface area contributed by atoms with Crippen molar-refractivity contribution >= 4 is 29.5 Å². The molecule has 0 spiro atoms. The van der Waals surface area contributed by atoms with E-state index >= 15 is 0 Å². The molecule has 4 nitrogen and oxygen atoms in total. The van der Waals surface area contributed by atoms with Crippen LogP contribution in [0.5, 0.6) is 5.75 Å². The maximum atomic E-state index is 10.3. The van der Waals surface area contributed by atoms with Gasteiger partial charge in [-0.2, -0.15) is 0 Å². The number of rotatable bonds is 3. The van der Waals surface area contributed by atoms with Gasteiger partial charge in [-0.1, -0.05) is 72.3 Å². The number of hydrogen-bond donors (Lipinski definition) is 1. The fourth-order valence-corrected chi connectivity index (χ4v) is 3.25. The second-order valence-corrected chi connectivity index (χ2v) is 6.88. The average Bonchev–Trinajstić information content (AvgIpc) is 2.75. The van der Waals surface area contributed by atoms with Crippen LogP contribution in [0.3, 0.4) is 0 Å². The van der Waals surface area contributed by atoms with E-state index in [1.807, 2.05) is 60.7 Å². The zero-order valence-electron chi connectivity index (χ0n) is 15.0. The molecule has 0 saturated heterocycles. The van der Waals surface area contributed by atoms with Crippen molar-refractivity contribution in [2.75, 3.05) is 0 Å². The second-order valence-electron chi connectivity index (χ2n) is 6.45. The molecule has 1 aliphatic heterocycles. The fourth-order valence-electron chi connectivity index (χ4n) is 3.07. The highest BCUT2D eigenvalue weighted by atomic mass is 35.5. The largest absolute Gasteiger partial charge is 0.507 e. The molecule has 0 fully saturated rings. The fraction of sp³-hybridized carbons (Fsp3) is 0.0870. The summed E-state index contributed by atoms with van der Waals surface area (Å²) in [5, 5.41) is 10.9. The highest BCUT2D eigenvalue weighted by Crippen LogP contribution is 2.31. The van der Waals surface area contributed by atoms with Gasteiger partial charge in [0.2, 0.25) is 5.96 Å². The van der Waals surface area contributed by atoms with E-state index in [2.05, 4.69) is 9.98 Å². The number of aromatic hydroxyl groups is 1. The number of nitrogens with zero attached hydrogens (tertiary/aromatic N) is 3. The summed E-state index contributed by atoms with van der Waals surface area (Å²) in [5.41, 5.74) is 3.36. The van der Waals surface area contributed by atoms with Crippen LogP contribution in [0.15, 0.2) is 93.8 Å². The van der Waals surface area contributed by atoms with Crippen LogP contribution in [0.25, 0.3) is 0 Å². The van der Waals surface area contributed by atoms with E-state index in [0.29, 0.717) is 28.7 Å². The molecule has 1 unspecified atom stereocenters. The van der Waals surface area contributed by atoms with Crippen LogP contribution in [0.1, 0.15) is 29.2 Å². The molecule has 0 radical (unpaired) electrons. The van der Waals surface area contributed by atoms with Crippen molar-refractivity contribution in [3.05, 3.63) is 101 Å². The summed E-state index contributed by atoms with van der Waals surface area (Å²) < 4.78 is 0. The van der Waals surface area contributed by atoms with Gasteiger partial charge in [-0.15, -0.1) is 0 Å². The van der Waals surface area contributed by atoms with E-state index in [1.54, 1.807) is 24.4 Å². The van der Waals surface area contributed by atoms with Crippen LogP contribution in [0, 0.1) is 0 Å². The lowest BCUT2D eigenvalue weighted by Gasteiger charge is -2.20. The van der Waals surface area contributed by atoms with Crippen molar-refractivity contribution in [2.24, 2.45) is 15.0 Å². The van der Waals surface area contributed by atoms with Crippen molar-refractivity contribution in [3.8, 4) is 5.75 Å². The molecule has 1 atom stereocenters. The normalized spacial score (nSPS) is 16.7. The Kier molecular flexibility index (Phi) is 5.31. The maximum Gasteiger partial charge on any atom is 0.245 e. The molecule has 0 amide bonds. The van der Waals surface area contributed by atoms with E-state index in [4.69, 9.17) is 16.6 Å². The van der Waals surface area contributed by atoms with Crippen molar-refractivity contribution < 1.29 is 5.11 Å². The first kappa shape index (κ1) is 18.1. The van der Waals surface area contributed by atoms with Crippen LogP contribution in [-0.2, 0) is 0 Å². The Hall–Kier alpha value is -3.24. The zero-order valence-corrected chi connectivity index (χ0v) is 15.8. The van der Waals surface area contributed by atoms with Gasteiger partial charge in [0, 0.05) is 23.2 Å². The van der Waals surface area contributed by atoms with Crippen molar-refractivity contribution in [2.45, 2.75) is 12.5 Å². The Morgan fingerprint density at radius 2 is 1.68 bits per heavy atom. The summed E-state index contributed by atoms with van der Waals surface area (Å²) in [7, 11) is 0. The molecular weight excluding hydrogens is 370 g/mol. The molecule has 0 saturated carbocycles. The van der Waals surface area contributed by atoms with E-state index in [0.717, 1.165) is 11.1 Å². The van der Waals surface area contributed by atoms with E-state index in [-0.39, 0.29) is 11.8 Å². The number of aliphatic imine (C=N–C) groups is 3. The lowest BCUT2D eigenvalue weighted by molar-refractivity contribution is 0.474. The Morgan fingerprint density at radius 3 is 2.43 bits per heavy atom. The maximum absolute atomic E-state index is 10.3. The van der Waals surface area contributed by atoms with Crippen LogP contribution in [0.2, 0.25) is 5.02 Å². The quantitative estimate of drug-likeness (QED) is 0.596. The van der Waals surface area contributed by atoms with Gasteiger partial charge in [-0.3, -0.25) is 0 Å². The average molecular weight is 388 g/mol. The van der Waals surface area contributed by atoms with Gasteiger partial charge in [-0.05, 0) is 29.3 Å². The van der Waals surface area contributed by atoms with Gasteiger partial charge in [-0.25, -0.2) is 15.0 Å². The van der Waals surface area contributed by atoms with Crippen LogP contribution in [-0.4, -0.2) is 23.0 Å². The molecule has 1 heterocycles. The van der Waals surface area contributed by atoms with Crippen molar-refractivity contribution in [3.63, 3.8) is 0 Å². The number of phenolic OH excluding ortho intramolecular Hbond substituents is 1. The summed E-state index contributed by atoms with van der Waals surface area (Å²) in [6.07, 6.45) is 2.30. The van der Waals surface area contributed by atoms with Gasteiger partial charge in [0.25, 0.3) is 0 Å². The highest BCUT2D eigenvalue weighted by Gasteiger charge is 2.22. The van der Waals surface area contributed by atoms with Gasteiger partial charge >= 0.3 is 0 Å². The minimum Gasteiger partial charge on any atom is -0.507 e. The molecule has 4 rings (SSSR count). The zero-order chi connectivity index (χ0) is 19.3. The molecule has 0 aliphatic carbocycles. The first-order chi connectivity index (χ1) is 13.7. The lowest BCUT2D eigenvalue weighted by Crippen LogP contribution is -2.16. The molecule has 1 aliphatic rings. The molecule has 0 aromatic heterocycles. The smallest absolute Gasteiger partial charge is 0.245 e. The van der Waals surface area contributed by atoms with E-state index in [1.165, 1.54) is 0 Å². The first-order valence-electron chi connectivity index (χ1n) is 8.97. The summed E-state index contributed by atoms with van der Waals surface area (Å²) in [6.45, 7) is 0. The number of guanidine groups is 1. The van der Waals surface area contributed by atoms with Gasteiger partial charge < -0.3 is 5.11 Å². The Bertz CT molecular complexity index is 1060. The summed E-state index contributed by atoms with van der Waals surface area (Å²) >= 11 is 6.14. The van der Waals surface area contributed by atoms with Crippen LogP contribution < -0.4 is 0 Å². The summed E-state index contributed by atoms with van der Waals surface area (Å²) in [4.78, 5) is 13.8. The van der Waals surface area contributed by atoms with Gasteiger partial charge in [0.15, 0.2) is 0 Å². The first-order valence-corrected chi connectivity index (χ1v) is 9.35. The Labute approximate surface area is 168 Å². The second kappa shape index (κ2) is 8.19. The molecular formula is C23H18ClN3O. The topological polar surface area (TPSA) is 57.3 Å². The monoisotopic (exact) mass is 387 g/mol. The minimum atomic E-state index is -0.130. The van der Waals surface area contributed by atoms with Gasteiger partial charge in [0.1, 0.15) is 5.75 Å². The lowest BCUT2D eigenvalue weighted by atomic mass is 9.96. The number of halogens is 1. The van der Waals surface area contributed by atoms with E-state index < -0.39 is 0 Å². The van der Waals surface area contributed by atoms with Crippen LogP contribution >= 0.6 is 11.6 Å². The third-order valence-electron chi connectivity index (χ3n) is 4.48. The molecule has 3 aromatic rings. The highest BCUT2D eigenvalue weighted by molar-refractivity contribution is 6.31. The third kappa shape index (κ3) is 4.18. The SMILES string of the molecule is Oc1ccc(Cl)cc1C1=NC(/N=C\c2ccccc2)=NC(c2ccccc2)C1. The molecule has 3 aromatic carbocycles. The molecule has 5 heteroatoms. The summed E-state index contributed by atoms with van der Waals surface area (Å²) in [5.74, 6) is 0.515. The number of hydrogen-bond acceptors (Lipinski definition) is 4. The molecule has 1 N–H and O–H groups in total. The van der Waals surface area contributed by atoms with Crippen molar-refractivity contribution in [1.82, 2.24) is 0 Å². The molecule has 0 bridgehead atoms.